The molecule has 1 saturated carbocycles. The number of nitrogens with one attached hydrogen (secondary N) is 1. The molecule has 0 aromatic carbocycles. The van der Waals surface area contributed by atoms with Crippen molar-refractivity contribution >= 4 is 33.3 Å². The fourth-order valence-electron chi connectivity index (χ4n) is 4.34. The van der Waals surface area contributed by atoms with Crippen LogP contribution in [-0.4, -0.2) is 72.8 Å². The van der Waals surface area contributed by atoms with Crippen molar-refractivity contribution in [2.24, 2.45) is 5.92 Å². The lowest BCUT2D eigenvalue weighted by Crippen LogP contribution is -2.50. The fraction of sp³-hybridized carbons (Fsp3) is 0.667. The van der Waals surface area contributed by atoms with E-state index in [-0.39, 0.29) is 5.91 Å². The molecule has 3 heterocycles. The Morgan fingerprint density at radius 2 is 2.07 bits per heavy atom. The van der Waals surface area contributed by atoms with E-state index >= 15 is 0 Å². The highest BCUT2D eigenvalue weighted by Gasteiger charge is 2.23. The van der Waals surface area contributed by atoms with Gasteiger partial charge in [0.25, 0.3) is 0 Å². The molecule has 2 aromatic heterocycles. The molecule has 4 rings (SSSR count). The predicted octanol–water partition coefficient (Wildman–Crippen LogP) is 2.52. The van der Waals surface area contributed by atoms with Crippen LogP contribution < -0.4 is 10.2 Å². The summed E-state index contributed by atoms with van der Waals surface area (Å²) in [6.07, 6.45) is 7.01. The summed E-state index contributed by atoms with van der Waals surface area (Å²) in [6.45, 7) is 7.39. The van der Waals surface area contributed by atoms with Crippen molar-refractivity contribution in [1.29, 1.82) is 0 Å². The zero-order valence-corrected chi connectivity index (χ0v) is 18.0. The van der Waals surface area contributed by atoms with E-state index < -0.39 is 0 Å². The Morgan fingerprint density at radius 3 is 2.90 bits per heavy atom. The summed E-state index contributed by atoms with van der Waals surface area (Å²) in [5.41, 5.74) is 0. The molecule has 7 nitrogen and oxygen atoms in total. The summed E-state index contributed by atoms with van der Waals surface area (Å²) in [7, 11) is 0. The van der Waals surface area contributed by atoms with Gasteiger partial charge in [-0.2, -0.15) is 0 Å². The maximum atomic E-state index is 12.3. The minimum atomic E-state index is 0.0843. The van der Waals surface area contributed by atoms with Crippen LogP contribution >= 0.6 is 11.3 Å². The second-order valence-electron chi connectivity index (χ2n) is 8.12. The summed E-state index contributed by atoms with van der Waals surface area (Å²) >= 11 is 1.64. The summed E-state index contributed by atoms with van der Waals surface area (Å²) < 4.78 is 5.98. The van der Waals surface area contributed by atoms with Crippen molar-refractivity contribution in [2.45, 2.75) is 38.7 Å². The van der Waals surface area contributed by atoms with E-state index in [1.165, 1.54) is 19.3 Å². The number of thiophene rings is 1. The highest BCUT2D eigenvalue weighted by Crippen LogP contribution is 2.27. The molecule has 29 heavy (non-hydrogen) atoms. The van der Waals surface area contributed by atoms with Crippen molar-refractivity contribution < 1.29 is 9.53 Å². The minimum absolute atomic E-state index is 0.0843. The number of hydrogen-bond acceptors (Lipinski definition) is 7. The second-order valence-corrected chi connectivity index (χ2v) is 9.02. The quantitative estimate of drug-likeness (QED) is 0.698. The van der Waals surface area contributed by atoms with Crippen LogP contribution in [0, 0.1) is 5.92 Å². The maximum Gasteiger partial charge on any atom is 0.234 e. The molecule has 0 bridgehead atoms. The van der Waals surface area contributed by atoms with Crippen LogP contribution in [0.1, 0.15) is 32.6 Å². The SMILES string of the molecule is CC1CCCCC1OCCNC(=O)CN1CCN(c2ncnc3sccc23)CC1. The van der Waals surface area contributed by atoms with Gasteiger partial charge in [0, 0.05) is 32.7 Å². The molecule has 2 unspecified atom stereocenters. The Labute approximate surface area is 176 Å². The Balaban J connectivity index is 1.16. The molecule has 2 aromatic rings. The van der Waals surface area contributed by atoms with Gasteiger partial charge in [0.1, 0.15) is 17.0 Å². The molecule has 1 aliphatic heterocycles. The molecule has 0 spiro atoms. The molecule has 158 valence electrons. The Morgan fingerprint density at radius 1 is 1.24 bits per heavy atom. The fourth-order valence-corrected chi connectivity index (χ4v) is 5.06. The van der Waals surface area contributed by atoms with Gasteiger partial charge in [-0.25, -0.2) is 9.97 Å². The van der Waals surface area contributed by atoms with Crippen LogP contribution in [-0.2, 0) is 9.53 Å². The molecule has 0 radical (unpaired) electrons. The Hall–Kier alpha value is -1.77. The number of rotatable bonds is 7. The number of anilines is 1. The molecule has 1 amide bonds. The minimum Gasteiger partial charge on any atom is -0.376 e. The zero-order chi connectivity index (χ0) is 20.1. The average molecular weight is 418 g/mol. The number of fused-ring (bicyclic) bond motifs is 1. The van der Waals surface area contributed by atoms with Gasteiger partial charge in [0.2, 0.25) is 5.91 Å². The molecule has 1 saturated heterocycles. The third kappa shape index (κ3) is 5.24. The summed E-state index contributed by atoms with van der Waals surface area (Å²) in [4.78, 5) is 26.6. The molecular formula is C21H31N5O2S. The summed E-state index contributed by atoms with van der Waals surface area (Å²) in [6, 6.07) is 2.09. The number of carbonyl (C=O) groups is 1. The van der Waals surface area contributed by atoms with Crippen molar-refractivity contribution in [3.63, 3.8) is 0 Å². The normalized spacial score (nSPS) is 23.4. The van der Waals surface area contributed by atoms with Crippen LogP contribution in [0.3, 0.4) is 0 Å². The van der Waals surface area contributed by atoms with Gasteiger partial charge in [-0.05, 0) is 30.2 Å². The van der Waals surface area contributed by atoms with E-state index in [4.69, 9.17) is 4.74 Å². The van der Waals surface area contributed by atoms with Crippen molar-refractivity contribution in [1.82, 2.24) is 20.2 Å². The smallest absolute Gasteiger partial charge is 0.234 e. The standard InChI is InChI=1S/C21H31N5O2S/c1-16-4-2-3-5-18(16)28-12-7-22-19(27)14-25-8-10-26(11-9-25)20-17-6-13-29-21(17)24-15-23-20/h6,13,15-16,18H,2-5,7-12,14H2,1H3,(H,22,27). The van der Waals surface area contributed by atoms with Crippen LogP contribution in [0.15, 0.2) is 17.8 Å². The number of aromatic nitrogens is 2. The van der Waals surface area contributed by atoms with Gasteiger partial charge in [-0.15, -0.1) is 11.3 Å². The van der Waals surface area contributed by atoms with E-state index in [0.29, 0.717) is 31.7 Å². The van der Waals surface area contributed by atoms with Crippen LogP contribution in [0.4, 0.5) is 5.82 Å². The van der Waals surface area contributed by atoms with Crippen LogP contribution in [0.2, 0.25) is 0 Å². The van der Waals surface area contributed by atoms with Crippen molar-refractivity contribution in [3.8, 4) is 0 Å². The number of ether oxygens (including phenoxy) is 1. The van der Waals surface area contributed by atoms with Crippen LogP contribution in [0.25, 0.3) is 10.2 Å². The first-order chi connectivity index (χ1) is 14.2. The van der Waals surface area contributed by atoms with Gasteiger partial charge < -0.3 is 15.0 Å². The summed E-state index contributed by atoms with van der Waals surface area (Å²) in [5, 5.41) is 6.19. The number of amides is 1. The van der Waals surface area contributed by atoms with E-state index in [1.54, 1.807) is 17.7 Å². The molecule has 2 fully saturated rings. The highest BCUT2D eigenvalue weighted by molar-refractivity contribution is 7.16. The summed E-state index contributed by atoms with van der Waals surface area (Å²) in [5.74, 6) is 1.73. The highest BCUT2D eigenvalue weighted by atomic mass is 32.1. The molecule has 2 atom stereocenters. The lowest BCUT2D eigenvalue weighted by molar-refractivity contribution is -0.122. The molecule has 8 heteroatoms. The largest absolute Gasteiger partial charge is 0.376 e. The molecule has 1 aliphatic carbocycles. The van der Waals surface area contributed by atoms with Gasteiger partial charge in [0.15, 0.2) is 0 Å². The number of nitrogens with zero attached hydrogens (tertiary/aromatic N) is 4. The van der Waals surface area contributed by atoms with Crippen molar-refractivity contribution in [3.05, 3.63) is 17.8 Å². The maximum absolute atomic E-state index is 12.3. The van der Waals surface area contributed by atoms with Crippen LogP contribution in [0.5, 0.6) is 0 Å². The zero-order valence-electron chi connectivity index (χ0n) is 17.2. The monoisotopic (exact) mass is 417 g/mol. The van der Waals surface area contributed by atoms with Crippen molar-refractivity contribution in [2.75, 3.05) is 50.8 Å². The second kappa shape index (κ2) is 9.82. The van der Waals surface area contributed by atoms with Gasteiger partial charge in [-0.1, -0.05) is 19.8 Å². The first-order valence-corrected chi connectivity index (χ1v) is 11.6. The predicted molar refractivity (Wildman–Crippen MR) is 116 cm³/mol. The van der Waals surface area contributed by atoms with E-state index in [9.17, 15) is 4.79 Å². The number of hydrogen-bond donors (Lipinski definition) is 1. The lowest BCUT2D eigenvalue weighted by Gasteiger charge is -2.35. The van der Waals surface area contributed by atoms with Gasteiger partial charge in [-0.3, -0.25) is 9.69 Å². The Bertz CT molecular complexity index is 805. The number of carbonyl (C=O) groups excluding carboxylic acids is 1. The lowest BCUT2D eigenvalue weighted by atomic mass is 9.88. The van der Waals surface area contributed by atoms with E-state index in [0.717, 1.165) is 48.6 Å². The van der Waals surface area contributed by atoms with E-state index in [1.807, 2.05) is 0 Å². The third-order valence-electron chi connectivity index (χ3n) is 6.07. The average Bonchev–Trinajstić information content (AvgIpc) is 3.22. The molecular weight excluding hydrogens is 386 g/mol. The molecule has 1 N–H and O–H groups in total. The van der Waals surface area contributed by atoms with Gasteiger partial charge >= 0.3 is 0 Å². The van der Waals surface area contributed by atoms with Gasteiger partial charge in [0.05, 0.1) is 24.6 Å². The first kappa shape index (κ1) is 20.5. The third-order valence-corrected chi connectivity index (χ3v) is 6.89. The topological polar surface area (TPSA) is 70.6 Å². The first-order valence-electron chi connectivity index (χ1n) is 10.7. The number of piperazine rings is 1. The molecule has 2 aliphatic rings. The Kier molecular flexibility index (Phi) is 6.94. The van der Waals surface area contributed by atoms with E-state index in [2.05, 4.69) is 43.5 Å².